The number of aromatic nitrogens is 2. The number of carbonyl (C=O) groups is 2. The first-order valence-electron chi connectivity index (χ1n) is 10.8. The molecule has 2 aromatic rings. The van der Waals surface area contributed by atoms with E-state index in [1.807, 2.05) is 30.2 Å². The number of likely N-dealkylation sites (tertiary alicyclic amines) is 1. The maximum atomic E-state index is 13.0. The average Bonchev–Trinajstić information content (AvgIpc) is 3.46. The molecule has 30 heavy (non-hydrogen) atoms. The molecular formula is C22H28N4O3S. The normalized spacial score (nSPS) is 18.7. The van der Waals surface area contributed by atoms with Crippen molar-refractivity contribution in [2.75, 3.05) is 13.1 Å². The van der Waals surface area contributed by atoms with Gasteiger partial charge in [0, 0.05) is 25.4 Å². The summed E-state index contributed by atoms with van der Waals surface area (Å²) < 4.78 is 0. The predicted molar refractivity (Wildman–Crippen MR) is 115 cm³/mol. The van der Waals surface area contributed by atoms with Gasteiger partial charge in [0.15, 0.2) is 0 Å². The van der Waals surface area contributed by atoms with Crippen molar-refractivity contribution in [2.24, 2.45) is 5.92 Å². The zero-order valence-corrected chi connectivity index (χ0v) is 18.3. The van der Waals surface area contributed by atoms with Crippen LogP contribution in [0.2, 0.25) is 0 Å². The van der Waals surface area contributed by atoms with E-state index in [2.05, 4.69) is 4.98 Å². The predicted octanol–water partition coefficient (Wildman–Crippen LogP) is 3.13. The number of thiophene rings is 1. The van der Waals surface area contributed by atoms with Crippen molar-refractivity contribution in [1.29, 1.82) is 0 Å². The van der Waals surface area contributed by atoms with Gasteiger partial charge in [-0.05, 0) is 37.1 Å². The smallest absolute Gasteiger partial charge is 0.264 e. The zero-order chi connectivity index (χ0) is 21.3. The summed E-state index contributed by atoms with van der Waals surface area (Å²) in [5.41, 5.74) is 1.12. The van der Waals surface area contributed by atoms with Crippen molar-refractivity contribution < 1.29 is 9.59 Å². The Kier molecular flexibility index (Phi) is 6.04. The van der Waals surface area contributed by atoms with Crippen LogP contribution in [0, 0.1) is 5.92 Å². The second-order valence-corrected chi connectivity index (χ2v) is 8.98. The van der Waals surface area contributed by atoms with Crippen LogP contribution in [-0.4, -0.2) is 44.7 Å². The summed E-state index contributed by atoms with van der Waals surface area (Å²) >= 11 is 1.41. The third-order valence-electron chi connectivity index (χ3n) is 6.29. The second kappa shape index (κ2) is 8.71. The lowest BCUT2D eigenvalue weighted by atomic mass is 10.0. The molecule has 2 aromatic heterocycles. The highest BCUT2D eigenvalue weighted by Crippen LogP contribution is 2.32. The summed E-state index contributed by atoms with van der Waals surface area (Å²) in [5.74, 6) is 0.729. The number of fused-ring (bicyclic) bond motifs is 1. The molecular weight excluding hydrogens is 400 g/mol. The van der Waals surface area contributed by atoms with Crippen LogP contribution in [0.15, 0.2) is 22.3 Å². The molecule has 1 saturated heterocycles. The lowest BCUT2D eigenvalue weighted by Gasteiger charge is -2.30. The Bertz CT molecular complexity index is 981. The Morgan fingerprint density at radius 3 is 2.80 bits per heavy atom. The summed E-state index contributed by atoms with van der Waals surface area (Å²) in [7, 11) is 0. The second-order valence-electron chi connectivity index (χ2n) is 8.03. The number of rotatable bonds is 5. The fourth-order valence-corrected chi connectivity index (χ4v) is 5.21. The fraction of sp³-hybridized carbons (Fsp3) is 0.545. The van der Waals surface area contributed by atoms with Crippen LogP contribution in [0.25, 0.3) is 0 Å². The molecule has 0 spiro atoms. The monoisotopic (exact) mass is 428 g/mol. The minimum absolute atomic E-state index is 0.0202. The number of amides is 2. The van der Waals surface area contributed by atoms with Crippen molar-refractivity contribution >= 4 is 23.2 Å². The molecule has 160 valence electrons. The minimum atomic E-state index is -0.194. The van der Waals surface area contributed by atoms with Gasteiger partial charge in [-0.15, -0.1) is 11.3 Å². The zero-order valence-electron chi connectivity index (χ0n) is 17.5. The van der Waals surface area contributed by atoms with Gasteiger partial charge in [0.1, 0.15) is 5.82 Å². The van der Waals surface area contributed by atoms with Gasteiger partial charge in [-0.1, -0.05) is 19.9 Å². The van der Waals surface area contributed by atoms with Gasteiger partial charge in [-0.3, -0.25) is 14.4 Å². The molecule has 1 atom stereocenters. The molecule has 2 aliphatic rings. The first kappa shape index (κ1) is 20.8. The van der Waals surface area contributed by atoms with Gasteiger partial charge in [0.25, 0.3) is 11.5 Å². The van der Waals surface area contributed by atoms with Gasteiger partial charge in [0.05, 0.1) is 28.7 Å². The largest absolute Gasteiger partial charge is 0.333 e. The molecule has 0 aliphatic carbocycles. The quantitative estimate of drug-likeness (QED) is 0.793. The third-order valence-corrected chi connectivity index (χ3v) is 7.15. The van der Waals surface area contributed by atoms with Crippen LogP contribution < -0.4 is 5.56 Å². The van der Waals surface area contributed by atoms with Crippen molar-refractivity contribution in [3.8, 4) is 0 Å². The summed E-state index contributed by atoms with van der Waals surface area (Å²) in [5, 5.41) is 1.88. The molecule has 1 unspecified atom stereocenters. The van der Waals surface area contributed by atoms with E-state index in [4.69, 9.17) is 4.98 Å². The Hall–Kier alpha value is -2.48. The third kappa shape index (κ3) is 3.80. The molecule has 0 saturated carbocycles. The van der Waals surface area contributed by atoms with E-state index < -0.39 is 0 Å². The molecule has 4 heterocycles. The van der Waals surface area contributed by atoms with Crippen LogP contribution in [0.3, 0.4) is 0 Å². The highest BCUT2D eigenvalue weighted by molar-refractivity contribution is 7.12. The van der Waals surface area contributed by atoms with Gasteiger partial charge in [-0.25, -0.2) is 4.98 Å². The fourth-order valence-electron chi connectivity index (χ4n) is 4.52. The first-order valence-corrected chi connectivity index (χ1v) is 11.7. The van der Waals surface area contributed by atoms with E-state index in [1.165, 1.54) is 11.3 Å². The van der Waals surface area contributed by atoms with Gasteiger partial charge >= 0.3 is 0 Å². The maximum absolute atomic E-state index is 13.0. The van der Waals surface area contributed by atoms with Crippen LogP contribution in [0.1, 0.15) is 72.3 Å². The van der Waals surface area contributed by atoms with Crippen molar-refractivity contribution in [3.05, 3.63) is 49.8 Å². The van der Waals surface area contributed by atoms with Crippen LogP contribution >= 0.6 is 11.3 Å². The Balaban J connectivity index is 1.57. The number of H-pyrrole nitrogens is 1. The Morgan fingerprint density at radius 2 is 2.10 bits per heavy atom. The lowest BCUT2D eigenvalue weighted by molar-refractivity contribution is -0.136. The molecule has 2 amide bonds. The molecule has 0 aromatic carbocycles. The number of hydrogen-bond acceptors (Lipinski definition) is 5. The van der Waals surface area contributed by atoms with E-state index in [0.29, 0.717) is 35.8 Å². The van der Waals surface area contributed by atoms with E-state index >= 15 is 0 Å². The molecule has 7 nitrogen and oxygen atoms in total. The molecule has 1 N–H and O–H groups in total. The lowest BCUT2D eigenvalue weighted by Crippen LogP contribution is -2.41. The van der Waals surface area contributed by atoms with Crippen molar-refractivity contribution in [3.63, 3.8) is 0 Å². The van der Waals surface area contributed by atoms with Crippen LogP contribution in [0.5, 0.6) is 0 Å². The van der Waals surface area contributed by atoms with E-state index in [-0.39, 0.29) is 35.9 Å². The molecule has 0 bridgehead atoms. The van der Waals surface area contributed by atoms with Crippen LogP contribution in [-0.2, 0) is 17.8 Å². The topological polar surface area (TPSA) is 86.4 Å². The standard InChI is InChI=1S/C22H28N4O3S/c1-3-14(4-2)21(28)26-10-5-7-17(26)19-23-16-9-11-25(13-15(16)20(27)24-19)22(29)18-8-6-12-30-18/h6,8,12,14,17H,3-5,7,9-11,13H2,1-2H3,(H,23,24,27). The van der Waals surface area contributed by atoms with Gasteiger partial charge < -0.3 is 14.8 Å². The summed E-state index contributed by atoms with van der Waals surface area (Å²) in [6.45, 7) is 5.61. The van der Waals surface area contributed by atoms with Gasteiger partial charge in [-0.2, -0.15) is 0 Å². The average molecular weight is 429 g/mol. The summed E-state index contributed by atoms with van der Waals surface area (Å²) in [6, 6.07) is 3.49. The SMILES string of the molecule is CCC(CC)C(=O)N1CCCC1c1nc2c(c(=O)[nH]1)CN(C(=O)c1cccs1)CC2. The minimum Gasteiger partial charge on any atom is -0.333 e. The number of nitrogens with one attached hydrogen (secondary N) is 1. The maximum Gasteiger partial charge on any atom is 0.264 e. The number of nitrogens with zero attached hydrogens (tertiary/aromatic N) is 3. The number of aromatic amines is 1. The van der Waals surface area contributed by atoms with Gasteiger partial charge in [0.2, 0.25) is 5.91 Å². The molecule has 2 aliphatic heterocycles. The Morgan fingerprint density at radius 1 is 1.30 bits per heavy atom. The highest BCUT2D eigenvalue weighted by Gasteiger charge is 2.35. The summed E-state index contributed by atoms with van der Waals surface area (Å²) in [6.07, 6.45) is 3.93. The molecule has 8 heteroatoms. The van der Waals surface area contributed by atoms with E-state index in [9.17, 15) is 14.4 Å². The highest BCUT2D eigenvalue weighted by atomic mass is 32.1. The number of carbonyl (C=O) groups excluding carboxylic acids is 2. The van der Waals surface area contributed by atoms with E-state index in [1.54, 1.807) is 11.0 Å². The molecule has 4 rings (SSSR count). The van der Waals surface area contributed by atoms with Crippen LogP contribution in [0.4, 0.5) is 0 Å². The number of hydrogen-bond donors (Lipinski definition) is 1. The first-order chi connectivity index (χ1) is 14.5. The van der Waals surface area contributed by atoms with E-state index in [0.717, 1.165) is 31.4 Å². The van der Waals surface area contributed by atoms with Crippen molar-refractivity contribution in [2.45, 2.75) is 58.5 Å². The molecule has 1 fully saturated rings. The Labute approximate surface area is 180 Å². The van der Waals surface area contributed by atoms with Crippen molar-refractivity contribution in [1.82, 2.24) is 19.8 Å². The molecule has 0 radical (unpaired) electrons. The summed E-state index contributed by atoms with van der Waals surface area (Å²) in [4.78, 5) is 50.5.